The van der Waals surface area contributed by atoms with E-state index in [9.17, 15) is 14.7 Å². The lowest BCUT2D eigenvalue weighted by molar-refractivity contribution is -0.155. The maximum absolute atomic E-state index is 13.1. The minimum atomic E-state index is -1.04. The van der Waals surface area contributed by atoms with Gasteiger partial charge in [-0.25, -0.2) is 0 Å². The molecule has 27 heavy (non-hydrogen) atoms. The lowest BCUT2D eigenvalue weighted by Gasteiger charge is -2.39. The molecule has 3 aromatic rings. The number of H-pyrrole nitrogens is 1. The number of benzene rings is 2. The number of methoxy groups -OCH3 is 1. The lowest BCUT2D eigenvalue weighted by atomic mass is 9.80. The number of ether oxygens (including phenoxy) is 1. The summed E-state index contributed by atoms with van der Waals surface area (Å²) >= 11 is 0. The third kappa shape index (κ3) is 2.96. The van der Waals surface area contributed by atoms with E-state index >= 15 is 0 Å². The van der Waals surface area contributed by atoms with Gasteiger partial charge in [0.25, 0.3) is 5.91 Å². The van der Waals surface area contributed by atoms with Gasteiger partial charge in [-0.05, 0) is 35.7 Å². The Bertz CT molecular complexity index is 1020. The van der Waals surface area contributed by atoms with Crippen LogP contribution in [0, 0.1) is 5.41 Å². The number of piperidine rings is 1. The van der Waals surface area contributed by atoms with Crippen LogP contribution in [0.2, 0.25) is 0 Å². The van der Waals surface area contributed by atoms with E-state index in [1.165, 1.54) is 7.11 Å². The van der Waals surface area contributed by atoms with Gasteiger partial charge in [0, 0.05) is 31.1 Å². The predicted octanol–water partition coefficient (Wildman–Crippen LogP) is 3.27. The molecule has 1 atom stereocenters. The minimum Gasteiger partial charge on any atom is -0.481 e. The number of aromatic nitrogens is 1. The molecule has 1 aliphatic heterocycles. The molecule has 2 heterocycles. The third-order valence-electron chi connectivity index (χ3n) is 5.50. The molecule has 1 aliphatic rings. The number of aromatic amines is 1. The second kappa shape index (κ2) is 6.70. The molecular formula is C21H22N2O4. The van der Waals surface area contributed by atoms with Gasteiger partial charge in [-0.15, -0.1) is 0 Å². The quantitative estimate of drug-likeness (QED) is 0.742. The Hall–Kier alpha value is -2.86. The molecule has 2 N–H and O–H groups in total. The molecule has 1 saturated heterocycles. The number of carbonyl (C=O) groups is 2. The van der Waals surface area contributed by atoms with Crippen LogP contribution in [0.25, 0.3) is 21.7 Å². The van der Waals surface area contributed by atoms with E-state index in [-0.39, 0.29) is 19.1 Å². The normalized spacial score (nSPS) is 20.3. The summed E-state index contributed by atoms with van der Waals surface area (Å²) in [4.78, 5) is 29.7. The fourth-order valence-corrected chi connectivity index (χ4v) is 4.11. The number of rotatable bonds is 4. The van der Waals surface area contributed by atoms with Crippen LogP contribution in [0.4, 0.5) is 0 Å². The topological polar surface area (TPSA) is 82.6 Å². The van der Waals surface area contributed by atoms with Crippen molar-refractivity contribution in [3.63, 3.8) is 0 Å². The fraction of sp³-hybridized carbons (Fsp3) is 0.333. The average Bonchev–Trinajstić information content (AvgIpc) is 3.12. The molecule has 1 amide bonds. The molecule has 0 saturated carbocycles. The summed E-state index contributed by atoms with van der Waals surface area (Å²) in [5.74, 6) is -1.08. The van der Waals surface area contributed by atoms with Crippen molar-refractivity contribution in [3.8, 4) is 0 Å². The third-order valence-corrected chi connectivity index (χ3v) is 5.50. The number of aliphatic carboxylic acids is 1. The molecule has 1 fully saturated rings. The van der Waals surface area contributed by atoms with Crippen LogP contribution in [0.1, 0.15) is 23.3 Å². The Labute approximate surface area is 156 Å². The Kier molecular flexibility index (Phi) is 4.36. The number of nitrogens with zero attached hydrogens (tertiary/aromatic N) is 1. The van der Waals surface area contributed by atoms with Crippen LogP contribution >= 0.6 is 0 Å². The van der Waals surface area contributed by atoms with Gasteiger partial charge < -0.3 is 19.7 Å². The van der Waals surface area contributed by atoms with Crippen molar-refractivity contribution >= 4 is 33.6 Å². The molecular weight excluding hydrogens is 344 g/mol. The standard InChI is InChI=1S/C21H22N2O4/c1-27-13-21(20(25)26)9-4-10-23(12-21)19(24)18-11-16-15-6-3-2-5-14(15)7-8-17(16)22-18/h2-3,5-8,11,22H,4,9-10,12-13H2,1H3,(H,25,26). The number of carboxylic acid groups (broad SMARTS) is 1. The summed E-state index contributed by atoms with van der Waals surface area (Å²) in [6, 6.07) is 13.9. The molecule has 140 valence electrons. The SMILES string of the molecule is COCC1(C(=O)O)CCCN(C(=O)c2cc3c(ccc4ccccc43)[nH]2)C1. The number of hydrogen-bond donors (Lipinski definition) is 2. The van der Waals surface area contributed by atoms with Crippen LogP contribution in [-0.2, 0) is 9.53 Å². The van der Waals surface area contributed by atoms with Crippen molar-refractivity contribution in [3.05, 3.63) is 48.2 Å². The zero-order chi connectivity index (χ0) is 19.0. The predicted molar refractivity (Wildman–Crippen MR) is 103 cm³/mol. The van der Waals surface area contributed by atoms with E-state index in [2.05, 4.69) is 4.98 Å². The second-order valence-electron chi connectivity index (χ2n) is 7.28. The second-order valence-corrected chi connectivity index (χ2v) is 7.28. The van der Waals surface area contributed by atoms with Crippen molar-refractivity contribution < 1.29 is 19.4 Å². The van der Waals surface area contributed by atoms with Crippen LogP contribution in [0.3, 0.4) is 0 Å². The monoisotopic (exact) mass is 366 g/mol. The lowest BCUT2D eigenvalue weighted by Crippen LogP contribution is -2.52. The zero-order valence-electron chi connectivity index (χ0n) is 15.2. The highest BCUT2D eigenvalue weighted by Gasteiger charge is 2.44. The van der Waals surface area contributed by atoms with Crippen LogP contribution < -0.4 is 0 Å². The van der Waals surface area contributed by atoms with Crippen LogP contribution in [0.15, 0.2) is 42.5 Å². The van der Waals surface area contributed by atoms with E-state index in [0.29, 0.717) is 25.1 Å². The molecule has 4 rings (SSSR count). The minimum absolute atomic E-state index is 0.101. The van der Waals surface area contributed by atoms with Gasteiger partial charge in [-0.3, -0.25) is 9.59 Å². The summed E-state index contributed by atoms with van der Waals surface area (Å²) in [5, 5.41) is 12.9. The molecule has 1 aromatic heterocycles. The maximum atomic E-state index is 13.1. The number of fused-ring (bicyclic) bond motifs is 3. The van der Waals surface area contributed by atoms with Crippen molar-refractivity contribution in [1.82, 2.24) is 9.88 Å². The molecule has 6 heteroatoms. The molecule has 0 aliphatic carbocycles. The highest BCUT2D eigenvalue weighted by atomic mass is 16.5. The van der Waals surface area contributed by atoms with E-state index in [1.54, 1.807) is 4.90 Å². The summed E-state index contributed by atoms with van der Waals surface area (Å²) in [6.45, 7) is 0.808. The Balaban J connectivity index is 1.68. The number of hydrogen-bond acceptors (Lipinski definition) is 3. The number of amides is 1. The van der Waals surface area contributed by atoms with E-state index in [1.807, 2.05) is 42.5 Å². The van der Waals surface area contributed by atoms with Gasteiger partial charge in [0.1, 0.15) is 11.1 Å². The zero-order valence-corrected chi connectivity index (χ0v) is 15.2. The summed E-state index contributed by atoms with van der Waals surface area (Å²) < 4.78 is 5.15. The van der Waals surface area contributed by atoms with Gasteiger partial charge in [-0.2, -0.15) is 0 Å². The highest BCUT2D eigenvalue weighted by Crippen LogP contribution is 2.32. The van der Waals surface area contributed by atoms with Crippen molar-refractivity contribution in [2.24, 2.45) is 5.41 Å². The van der Waals surface area contributed by atoms with Gasteiger partial charge in [0.15, 0.2) is 0 Å². The summed E-state index contributed by atoms with van der Waals surface area (Å²) in [5.41, 5.74) is 0.344. The Morgan fingerprint density at radius 1 is 1.22 bits per heavy atom. The molecule has 0 bridgehead atoms. The van der Waals surface area contributed by atoms with Crippen molar-refractivity contribution in [2.75, 3.05) is 26.8 Å². The summed E-state index contributed by atoms with van der Waals surface area (Å²) in [6.07, 6.45) is 1.15. The van der Waals surface area contributed by atoms with E-state index in [0.717, 1.165) is 21.7 Å². The van der Waals surface area contributed by atoms with Crippen molar-refractivity contribution in [2.45, 2.75) is 12.8 Å². The number of nitrogens with one attached hydrogen (secondary N) is 1. The smallest absolute Gasteiger partial charge is 0.313 e. The Morgan fingerprint density at radius 2 is 2.04 bits per heavy atom. The molecule has 1 unspecified atom stereocenters. The van der Waals surface area contributed by atoms with Crippen LogP contribution in [-0.4, -0.2) is 53.7 Å². The fourth-order valence-electron chi connectivity index (χ4n) is 4.11. The van der Waals surface area contributed by atoms with E-state index in [4.69, 9.17) is 4.74 Å². The Morgan fingerprint density at radius 3 is 2.81 bits per heavy atom. The number of likely N-dealkylation sites (tertiary alicyclic amines) is 1. The van der Waals surface area contributed by atoms with E-state index < -0.39 is 11.4 Å². The van der Waals surface area contributed by atoms with Gasteiger partial charge >= 0.3 is 5.97 Å². The number of carboxylic acids is 1. The molecule has 0 spiro atoms. The first-order valence-corrected chi connectivity index (χ1v) is 9.06. The molecule has 0 radical (unpaired) electrons. The first kappa shape index (κ1) is 17.5. The van der Waals surface area contributed by atoms with Gasteiger partial charge in [0.05, 0.1) is 6.61 Å². The van der Waals surface area contributed by atoms with Crippen molar-refractivity contribution in [1.29, 1.82) is 0 Å². The average molecular weight is 366 g/mol. The first-order chi connectivity index (χ1) is 13.0. The maximum Gasteiger partial charge on any atom is 0.313 e. The molecule has 6 nitrogen and oxygen atoms in total. The van der Waals surface area contributed by atoms with Gasteiger partial charge in [0.2, 0.25) is 0 Å². The molecule has 2 aromatic carbocycles. The first-order valence-electron chi connectivity index (χ1n) is 9.06. The number of carbonyl (C=O) groups excluding carboxylic acids is 1. The summed E-state index contributed by atoms with van der Waals surface area (Å²) in [7, 11) is 1.49. The largest absolute Gasteiger partial charge is 0.481 e. The van der Waals surface area contributed by atoms with Gasteiger partial charge in [-0.1, -0.05) is 30.3 Å². The van der Waals surface area contributed by atoms with Crippen LogP contribution in [0.5, 0.6) is 0 Å². The highest BCUT2D eigenvalue weighted by molar-refractivity contribution is 6.09.